The number of nitrogens with zero attached hydrogens (tertiary/aromatic N) is 1. The summed E-state index contributed by atoms with van der Waals surface area (Å²) in [6, 6.07) is 9.88. The Bertz CT molecular complexity index is 802. The third kappa shape index (κ3) is 3.77. The Kier molecular flexibility index (Phi) is 5.19. The van der Waals surface area contributed by atoms with E-state index in [0.717, 1.165) is 28.2 Å². The third-order valence-corrected chi connectivity index (χ3v) is 6.25. The van der Waals surface area contributed by atoms with Crippen LogP contribution in [0.1, 0.15) is 41.9 Å². The van der Waals surface area contributed by atoms with Gasteiger partial charge in [-0.25, -0.2) is 0 Å². The number of thiophene rings is 1. The molecule has 1 aromatic heterocycles. The van der Waals surface area contributed by atoms with Gasteiger partial charge in [-0.05, 0) is 30.5 Å². The standard InChI is InChI=1S/C18H17ClN2OS2/c1-10(2)23-18-14(9-20)15(11-3-5-12(19)6-4-11)16(24-18)17(22)21-13-7-8-13/h3-6,10,13H,7-8H2,1-2H3,(H,21,22). The number of halogens is 1. The largest absolute Gasteiger partial charge is 0.349 e. The van der Waals surface area contributed by atoms with Gasteiger partial charge >= 0.3 is 0 Å². The van der Waals surface area contributed by atoms with Crippen LogP contribution in [0.25, 0.3) is 11.1 Å². The Labute approximate surface area is 155 Å². The molecule has 1 aromatic carbocycles. The van der Waals surface area contributed by atoms with Crippen molar-refractivity contribution in [2.75, 3.05) is 0 Å². The number of rotatable bonds is 5. The fraction of sp³-hybridized carbons (Fsp3) is 0.333. The molecule has 124 valence electrons. The smallest absolute Gasteiger partial charge is 0.262 e. The fourth-order valence-electron chi connectivity index (χ4n) is 2.34. The number of thioether (sulfide) groups is 1. The Morgan fingerprint density at radius 3 is 2.58 bits per heavy atom. The first-order valence-corrected chi connectivity index (χ1v) is 9.87. The van der Waals surface area contributed by atoms with Gasteiger partial charge in [0, 0.05) is 21.9 Å². The van der Waals surface area contributed by atoms with Gasteiger partial charge in [0.2, 0.25) is 0 Å². The van der Waals surface area contributed by atoms with Crippen LogP contribution in [0.15, 0.2) is 28.5 Å². The first-order chi connectivity index (χ1) is 11.5. The van der Waals surface area contributed by atoms with Crippen LogP contribution >= 0.6 is 34.7 Å². The fourth-order valence-corrected chi connectivity index (χ4v) is 5.09. The predicted molar refractivity (Wildman–Crippen MR) is 101 cm³/mol. The number of amides is 1. The van der Waals surface area contributed by atoms with Crippen LogP contribution in [0, 0.1) is 11.3 Å². The van der Waals surface area contributed by atoms with Gasteiger partial charge in [0.05, 0.1) is 9.77 Å². The Hall–Kier alpha value is -1.48. The summed E-state index contributed by atoms with van der Waals surface area (Å²) < 4.78 is 0.901. The second kappa shape index (κ2) is 7.18. The minimum atomic E-state index is -0.0837. The van der Waals surface area contributed by atoms with Crippen molar-refractivity contribution in [3.63, 3.8) is 0 Å². The maximum absolute atomic E-state index is 12.7. The molecular weight excluding hydrogens is 360 g/mol. The highest BCUT2D eigenvalue weighted by Gasteiger charge is 2.29. The van der Waals surface area contributed by atoms with Gasteiger partial charge in [-0.15, -0.1) is 23.1 Å². The van der Waals surface area contributed by atoms with Crippen LogP contribution in [-0.4, -0.2) is 17.2 Å². The van der Waals surface area contributed by atoms with E-state index >= 15 is 0 Å². The minimum absolute atomic E-state index is 0.0837. The van der Waals surface area contributed by atoms with E-state index in [9.17, 15) is 10.1 Å². The molecule has 0 aliphatic heterocycles. The van der Waals surface area contributed by atoms with Gasteiger partial charge < -0.3 is 5.32 Å². The summed E-state index contributed by atoms with van der Waals surface area (Å²) in [6.07, 6.45) is 2.07. The zero-order valence-electron chi connectivity index (χ0n) is 13.4. The second-order valence-corrected chi connectivity index (χ2v) is 9.30. The quantitative estimate of drug-likeness (QED) is 0.717. The summed E-state index contributed by atoms with van der Waals surface area (Å²) in [6.45, 7) is 4.16. The van der Waals surface area contributed by atoms with Crippen molar-refractivity contribution in [3.05, 3.63) is 39.7 Å². The molecule has 24 heavy (non-hydrogen) atoms. The third-order valence-electron chi connectivity index (χ3n) is 3.58. The lowest BCUT2D eigenvalue weighted by Gasteiger charge is -2.06. The van der Waals surface area contributed by atoms with Crippen LogP contribution in [-0.2, 0) is 0 Å². The highest BCUT2D eigenvalue weighted by molar-refractivity contribution is 8.01. The van der Waals surface area contributed by atoms with Crippen molar-refractivity contribution in [1.29, 1.82) is 5.26 Å². The minimum Gasteiger partial charge on any atom is -0.349 e. The van der Waals surface area contributed by atoms with E-state index < -0.39 is 0 Å². The van der Waals surface area contributed by atoms with Crippen LogP contribution in [0.4, 0.5) is 0 Å². The molecule has 0 saturated heterocycles. The molecule has 1 N–H and O–H groups in total. The molecule has 6 heteroatoms. The van der Waals surface area contributed by atoms with Gasteiger partial charge in [-0.1, -0.05) is 37.6 Å². The molecule has 1 amide bonds. The van der Waals surface area contributed by atoms with E-state index in [2.05, 4.69) is 25.2 Å². The summed E-state index contributed by atoms with van der Waals surface area (Å²) in [5.41, 5.74) is 2.16. The van der Waals surface area contributed by atoms with E-state index in [1.807, 2.05) is 12.1 Å². The molecule has 1 heterocycles. The molecule has 0 bridgehead atoms. The highest BCUT2D eigenvalue weighted by Crippen LogP contribution is 2.43. The van der Waals surface area contributed by atoms with Crippen molar-refractivity contribution in [2.24, 2.45) is 0 Å². The van der Waals surface area contributed by atoms with Gasteiger partial charge in [-0.2, -0.15) is 5.26 Å². The van der Waals surface area contributed by atoms with Crippen molar-refractivity contribution in [2.45, 2.75) is 42.2 Å². The number of nitriles is 1. The summed E-state index contributed by atoms with van der Waals surface area (Å²) in [5, 5.41) is 13.7. The number of benzene rings is 1. The number of carbonyl (C=O) groups excluding carboxylic acids is 1. The lowest BCUT2D eigenvalue weighted by Crippen LogP contribution is -2.24. The zero-order chi connectivity index (χ0) is 17.3. The molecule has 3 nitrogen and oxygen atoms in total. The van der Waals surface area contributed by atoms with Gasteiger partial charge in [0.15, 0.2) is 0 Å². The molecule has 1 aliphatic carbocycles. The van der Waals surface area contributed by atoms with E-state index in [1.54, 1.807) is 23.9 Å². The van der Waals surface area contributed by atoms with Crippen LogP contribution in [0.3, 0.4) is 0 Å². The lowest BCUT2D eigenvalue weighted by molar-refractivity contribution is 0.0955. The molecule has 1 saturated carbocycles. The normalized spacial score (nSPS) is 13.8. The monoisotopic (exact) mass is 376 g/mol. The zero-order valence-corrected chi connectivity index (χ0v) is 15.8. The van der Waals surface area contributed by atoms with Gasteiger partial charge in [0.1, 0.15) is 10.9 Å². The Morgan fingerprint density at radius 2 is 2.04 bits per heavy atom. The molecule has 0 spiro atoms. The Balaban J connectivity index is 2.11. The van der Waals surface area contributed by atoms with Gasteiger partial charge in [-0.3, -0.25) is 4.79 Å². The summed E-state index contributed by atoms with van der Waals surface area (Å²) in [4.78, 5) is 13.3. The first-order valence-electron chi connectivity index (χ1n) is 7.80. The van der Waals surface area contributed by atoms with Crippen LogP contribution < -0.4 is 5.32 Å². The van der Waals surface area contributed by atoms with E-state index in [0.29, 0.717) is 20.7 Å². The number of hydrogen-bond donors (Lipinski definition) is 1. The molecule has 1 aliphatic rings. The van der Waals surface area contributed by atoms with Crippen molar-refractivity contribution < 1.29 is 4.79 Å². The summed E-state index contributed by atoms with van der Waals surface area (Å²) in [5.74, 6) is -0.0837. The van der Waals surface area contributed by atoms with Crippen molar-refractivity contribution in [3.8, 4) is 17.2 Å². The number of carbonyl (C=O) groups is 1. The summed E-state index contributed by atoms with van der Waals surface area (Å²) >= 11 is 9.02. The summed E-state index contributed by atoms with van der Waals surface area (Å²) in [7, 11) is 0. The average Bonchev–Trinajstić information content (AvgIpc) is 3.27. The number of hydrogen-bond acceptors (Lipinski definition) is 4. The molecular formula is C18H17ClN2OS2. The van der Waals surface area contributed by atoms with Crippen LogP contribution in [0.5, 0.6) is 0 Å². The van der Waals surface area contributed by atoms with Gasteiger partial charge in [0.25, 0.3) is 5.91 Å². The van der Waals surface area contributed by atoms with Crippen LogP contribution in [0.2, 0.25) is 5.02 Å². The molecule has 2 aromatic rings. The molecule has 3 rings (SSSR count). The molecule has 0 radical (unpaired) electrons. The van der Waals surface area contributed by atoms with Crippen molar-refractivity contribution in [1.82, 2.24) is 5.32 Å². The van der Waals surface area contributed by atoms with E-state index in [4.69, 9.17) is 11.6 Å². The first kappa shape index (κ1) is 17.3. The maximum atomic E-state index is 12.7. The number of nitrogens with one attached hydrogen (secondary N) is 1. The van der Waals surface area contributed by atoms with E-state index in [-0.39, 0.29) is 11.9 Å². The Morgan fingerprint density at radius 1 is 1.38 bits per heavy atom. The maximum Gasteiger partial charge on any atom is 0.262 e. The molecule has 1 fully saturated rings. The van der Waals surface area contributed by atoms with Crippen molar-refractivity contribution >= 4 is 40.6 Å². The molecule has 0 unspecified atom stereocenters. The lowest BCUT2D eigenvalue weighted by atomic mass is 10.0. The second-order valence-electron chi connectivity index (χ2n) is 6.00. The predicted octanol–water partition coefficient (Wildman–Crippen LogP) is 5.33. The molecule has 0 atom stereocenters. The van der Waals surface area contributed by atoms with E-state index in [1.165, 1.54) is 11.3 Å². The topological polar surface area (TPSA) is 52.9 Å². The average molecular weight is 377 g/mol. The SMILES string of the molecule is CC(C)Sc1sc(C(=O)NC2CC2)c(-c2ccc(Cl)cc2)c1C#N. The highest BCUT2D eigenvalue weighted by atomic mass is 35.5.